The van der Waals surface area contributed by atoms with Crippen LogP contribution >= 0.6 is 11.6 Å². The topological polar surface area (TPSA) is 71.0 Å². The first kappa shape index (κ1) is 20.4. The summed E-state index contributed by atoms with van der Waals surface area (Å²) in [5.74, 6) is -0.194. The van der Waals surface area contributed by atoms with Crippen LogP contribution in [0.3, 0.4) is 0 Å². The van der Waals surface area contributed by atoms with E-state index in [-0.39, 0.29) is 11.8 Å². The van der Waals surface area contributed by atoms with Gasteiger partial charge < -0.3 is 15.1 Å². The van der Waals surface area contributed by atoms with Gasteiger partial charge in [-0.2, -0.15) is 0 Å². The smallest absolute Gasteiger partial charge is 0.273 e. The van der Waals surface area contributed by atoms with Crippen molar-refractivity contribution in [2.45, 2.75) is 37.7 Å². The number of aryl methyl sites for hydroxylation is 1. The van der Waals surface area contributed by atoms with Crippen molar-refractivity contribution in [2.24, 2.45) is 5.16 Å². The number of likely N-dealkylation sites (tertiary alicyclic amines) is 1. The van der Waals surface area contributed by atoms with Crippen LogP contribution in [0.1, 0.15) is 31.2 Å². The summed E-state index contributed by atoms with van der Waals surface area (Å²) < 4.78 is 0. The van der Waals surface area contributed by atoms with Gasteiger partial charge >= 0.3 is 0 Å². The molecule has 2 aromatic carbocycles. The van der Waals surface area contributed by atoms with Crippen LogP contribution in [0.2, 0.25) is 5.02 Å². The average Bonchev–Trinajstić information content (AvgIpc) is 3.16. The van der Waals surface area contributed by atoms with E-state index >= 15 is 0 Å². The maximum atomic E-state index is 12.7. The van der Waals surface area contributed by atoms with E-state index in [1.165, 1.54) is 0 Å². The fourth-order valence-electron chi connectivity index (χ4n) is 4.00. The minimum atomic E-state index is -0.609. The van der Waals surface area contributed by atoms with Crippen LogP contribution in [0.4, 0.5) is 5.69 Å². The minimum absolute atomic E-state index is 0.110. The van der Waals surface area contributed by atoms with Crippen molar-refractivity contribution in [3.05, 3.63) is 65.2 Å². The molecule has 1 atom stereocenters. The lowest BCUT2D eigenvalue weighted by Gasteiger charge is -2.38. The summed E-state index contributed by atoms with van der Waals surface area (Å²) in [4.78, 5) is 32.9. The second-order valence-corrected chi connectivity index (χ2v) is 8.29. The number of halogens is 1. The van der Waals surface area contributed by atoms with Gasteiger partial charge in [0, 0.05) is 30.1 Å². The molecule has 0 saturated carbocycles. The van der Waals surface area contributed by atoms with Crippen molar-refractivity contribution >= 4 is 34.8 Å². The number of nitrogens with one attached hydrogen (secondary N) is 1. The number of benzene rings is 2. The zero-order valence-corrected chi connectivity index (χ0v) is 17.4. The first-order valence-corrected chi connectivity index (χ1v) is 10.5. The number of hydrogen-bond donors (Lipinski definition) is 1. The summed E-state index contributed by atoms with van der Waals surface area (Å²) in [5.41, 5.74) is 1.49. The molecule has 156 valence electrons. The van der Waals surface area contributed by atoms with Crippen LogP contribution in [-0.4, -0.2) is 41.1 Å². The summed E-state index contributed by atoms with van der Waals surface area (Å²) >= 11 is 5.97. The monoisotopic (exact) mass is 425 g/mol. The van der Waals surface area contributed by atoms with Crippen LogP contribution < -0.4 is 5.32 Å². The summed E-state index contributed by atoms with van der Waals surface area (Å²) in [7, 11) is 0. The molecule has 1 unspecified atom stereocenters. The zero-order chi connectivity index (χ0) is 21.0. The van der Waals surface area contributed by atoms with E-state index in [0.29, 0.717) is 48.8 Å². The summed E-state index contributed by atoms with van der Waals surface area (Å²) in [6.07, 6.45) is 3.17. The van der Waals surface area contributed by atoms with Crippen LogP contribution in [0, 0.1) is 0 Å². The number of amides is 2. The molecule has 7 heteroatoms. The molecule has 1 saturated heterocycles. The third-order valence-corrected chi connectivity index (χ3v) is 5.78. The van der Waals surface area contributed by atoms with Crippen molar-refractivity contribution in [3.8, 4) is 0 Å². The lowest BCUT2D eigenvalue weighted by molar-refractivity contribution is -0.140. The molecule has 6 nitrogen and oxygen atoms in total. The molecule has 1 N–H and O–H groups in total. The van der Waals surface area contributed by atoms with Gasteiger partial charge in [-0.05, 0) is 43.0 Å². The van der Waals surface area contributed by atoms with Gasteiger partial charge in [0.1, 0.15) is 5.71 Å². The third kappa shape index (κ3) is 4.82. The molecular formula is C23H24ClN3O3. The molecule has 2 amide bonds. The van der Waals surface area contributed by atoms with Gasteiger partial charge in [0.25, 0.3) is 5.91 Å². The molecule has 2 heterocycles. The van der Waals surface area contributed by atoms with Crippen LogP contribution in [-0.2, 0) is 20.8 Å². The Hall–Kier alpha value is -2.86. The standard InChI is InChI=1S/C23H24ClN3O3/c24-18-8-4-9-19(14-18)25-22(29)20-15-23(30-26-20)12-5-13-27(16-23)21(28)11-10-17-6-2-1-3-7-17/h1-4,6-9,14H,5,10-13,15-16H2,(H,25,29). The second-order valence-electron chi connectivity index (χ2n) is 7.86. The van der Waals surface area contributed by atoms with E-state index in [4.69, 9.17) is 16.4 Å². The number of hydrogen-bond acceptors (Lipinski definition) is 4. The number of carbonyl (C=O) groups is 2. The number of nitrogens with zero attached hydrogens (tertiary/aromatic N) is 2. The number of piperidine rings is 1. The molecule has 0 aromatic heterocycles. The zero-order valence-electron chi connectivity index (χ0n) is 16.6. The maximum absolute atomic E-state index is 12.7. The molecule has 4 rings (SSSR count). The Morgan fingerprint density at radius 2 is 2.00 bits per heavy atom. The molecule has 0 bridgehead atoms. The highest BCUT2D eigenvalue weighted by Gasteiger charge is 2.45. The molecule has 2 aliphatic heterocycles. The third-order valence-electron chi connectivity index (χ3n) is 5.55. The fourth-order valence-corrected chi connectivity index (χ4v) is 4.19. The van der Waals surface area contributed by atoms with Gasteiger partial charge in [-0.1, -0.05) is 53.2 Å². The number of anilines is 1. The summed E-state index contributed by atoms with van der Waals surface area (Å²) in [6, 6.07) is 17.0. The predicted octanol–water partition coefficient (Wildman–Crippen LogP) is 4.05. The Morgan fingerprint density at radius 1 is 1.17 bits per heavy atom. The van der Waals surface area contributed by atoms with E-state index < -0.39 is 5.60 Å². The number of rotatable bonds is 5. The molecule has 1 spiro atoms. The number of oxime groups is 1. The second kappa shape index (κ2) is 8.88. The van der Waals surface area contributed by atoms with Gasteiger partial charge in [-0.3, -0.25) is 9.59 Å². The largest absolute Gasteiger partial charge is 0.386 e. The minimum Gasteiger partial charge on any atom is -0.386 e. The molecule has 30 heavy (non-hydrogen) atoms. The van der Waals surface area contributed by atoms with E-state index in [1.54, 1.807) is 24.3 Å². The SMILES string of the molecule is O=C(Nc1cccc(Cl)c1)C1=NOC2(CCCN(C(=O)CCc3ccccc3)C2)C1. The van der Waals surface area contributed by atoms with Crippen LogP contribution in [0.5, 0.6) is 0 Å². The van der Waals surface area contributed by atoms with Gasteiger partial charge in [0.2, 0.25) is 5.91 Å². The van der Waals surface area contributed by atoms with Crippen molar-refractivity contribution in [1.82, 2.24) is 4.90 Å². The Morgan fingerprint density at radius 3 is 2.80 bits per heavy atom. The molecule has 2 aromatic rings. The van der Waals surface area contributed by atoms with E-state index in [0.717, 1.165) is 18.4 Å². The van der Waals surface area contributed by atoms with Gasteiger partial charge in [0.15, 0.2) is 5.60 Å². The number of carbonyl (C=O) groups excluding carboxylic acids is 2. The Bertz CT molecular complexity index is 963. The lowest BCUT2D eigenvalue weighted by atomic mass is 9.87. The van der Waals surface area contributed by atoms with E-state index in [9.17, 15) is 9.59 Å². The molecule has 1 fully saturated rings. The Labute approximate surface area is 180 Å². The van der Waals surface area contributed by atoms with Crippen molar-refractivity contribution in [1.29, 1.82) is 0 Å². The predicted molar refractivity (Wildman–Crippen MR) is 117 cm³/mol. The van der Waals surface area contributed by atoms with Gasteiger partial charge in [-0.15, -0.1) is 0 Å². The molecular weight excluding hydrogens is 402 g/mol. The van der Waals surface area contributed by atoms with Gasteiger partial charge in [-0.25, -0.2) is 0 Å². The van der Waals surface area contributed by atoms with Crippen LogP contribution in [0.15, 0.2) is 59.8 Å². The van der Waals surface area contributed by atoms with Crippen molar-refractivity contribution in [2.75, 3.05) is 18.4 Å². The van der Waals surface area contributed by atoms with E-state index in [1.807, 2.05) is 35.2 Å². The lowest BCUT2D eigenvalue weighted by Crippen LogP contribution is -2.50. The highest BCUT2D eigenvalue weighted by Crippen LogP contribution is 2.34. The highest BCUT2D eigenvalue weighted by molar-refractivity contribution is 6.43. The Kier molecular flexibility index (Phi) is 6.04. The molecule has 0 radical (unpaired) electrons. The average molecular weight is 426 g/mol. The Balaban J connectivity index is 1.33. The van der Waals surface area contributed by atoms with E-state index in [2.05, 4.69) is 10.5 Å². The van der Waals surface area contributed by atoms with Gasteiger partial charge in [0.05, 0.1) is 6.54 Å². The normalized spacial score (nSPS) is 20.6. The van der Waals surface area contributed by atoms with Crippen LogP contribution in [0.25, 0.3) is 0 Å². The fraction of sp³-hybridized carbons (Fsp3) is 0.348. The molecule has 2 aliphatic rings. The first-order chi connectivity index (χ1) is 14.5. The highest BCUT2D eigenvalue weighted by atomic mass is 35.5. The summed E-state index contributed by atoms with van der Waals surface area (Å²) in [5, 5.41) is 7.40. The quantitative estimate of drug-likeness (QED) is 0.785. The first-order valence-electron chi connectivity index (χ1n) is 10.2. The van der Waals surface area contributed by atoms with Crippen molar-refractivity contribution < 1.29 is 14.4 Å². The van der Waals surface area contributed by atoms with Crippen molar-refractivity contribution in [3.63, 3.8) is 0 Å². The summed E-state index contributed by atoms with van der Waals surface area (Å²) in [6.45, 7) is 1.17. The maximum Gasteiger partial charge on any atom is 0.273 e. The molecule has 0 aliphatic carbocycles.